The highest BCUT2D eigenvalue weighted by molar-refractivity contribution is 5.93. The maximum Gasteiger partial charge on any atom is 0.323 e. The minimum absolute atomic E-state index is 0.102. The summed E-state index contributed by atoms with van der Waals surface area (Å²) in [5, 5.41) is 8.80. The molecule has 5 nitrogen and oxygen atoms in total. The molecule has 1 aromatic rings. The molecule has 0 aromatic carbocycles. The van der Waals surface area contributed by atoms with Crippen molar-refractivity contribution in [1.82, 2.24) is 9.47 Å². The molecule has 100 valence electrons. The van der Waals surface area contributed by atoms with Crippen LogP contribution in [0.15, 0.2) is 18.3 Å². The highest BCUT2D eigenvalue weighted by atomic mass is 16.4. The predicted molar refractivity (Wildman–Crippen MR) is 68.5 cm³/mol. The number of aromatic nitrogens is 1. The summed E-state index contributed by atoms with van der Waals surface area (Å²) >= 11 is 0. The van der Waals surface area contributed by atoms with Crippen molar-refractivity contribution in [3.8, 4) is 0 Å². The summed E-state index contributed by atoms with van der Waals surface area (Å²) in [5.41, 5.74) is 0.430. The zero-order chi connectivity index (χ0) is 13.7. The van der Waals surface area contributed by atoms with E-state index in [1.165, 1.54) is 4.57 Å². The number of aliphatic carboxylic acids is 1. The molecule has 1 N–H and O–H groups in total. The number of rotatable bonds is 6. The van der Waals surface area contributed by atoms with Gasteiger partial charge in [0.2, 0.25) is 0 Å². The lowest BCUT2D eigenvalue weighted by atomic mass is 10.2. The smallest absolute Gasteiger partial charge is 0.323 e. The van der Waals surface area contributed by atoms with Crippen LogP contribution >= 0.6 is 0 Å². The Bertz CT molecular complexity index is 424. The fraction of sp³-hybridized carbons (Fsp3) is 0.538. The Morgan fingerprint density at radius 3 is 2.61 bits per heavy atom. The molecule has 0 fully saturated rings. The van der Waals surface area contributed by atoms with Crippen molar-refractivity contribution in [1.29, 1.82) is 0 Å². The van der Waals surface area contributed by atoms with E-state index in [0.717, 1.165) is 6.42 Å². The van der Waals surface area contributed by atoms with E-state index in [0.29, 0.717) is 12.2 Å². The molecule has 5 heteroatoms. The summed E-state index contributed by atoms with van der Waals surface area (Å²) in [6, 6.07) is 3.46. The zero-order valence-corrected chi connectivity index (χ0v) is 11.1. The van der Waals surface area contributed by atoms with Gasteiger partial charge in [0, 0.05) is 18.8 Å². The first kappa shape index (κ1) is 14.3. The molecule has 0 saturated carbocycles. The van der Waals surface area contributed by atoms with Crippen molar-refractivity contribution in [2.45, 2.75) is 39.8 Å². The van der Waals surface area contributed by atoms with E-state index in [-0.39, 0.29) is 18.5 Å². The molecule has 1 aromatic heterocycles. The Morgan fingerprint density at radius 2 is 2.11 bits per heavy atom. The zero-order valence-electron chi connectivity index (χ0n) is 11.1. The van der Waals surface area contributed by atoms with Crippen molar-refractivity contribution < 1.29 is 14.7 Å². The van der Waals surface area contributed by atoms with E-state index in [1.807, 2.05) is 20.8 Å². The van der Waals surface area contributed by atoms with Gasteiger partial charge in [-0.2, -0.15) is 0 Å². The van der Waals surface area contributed by atoms with Crippen LogP contribution < -0.4 is 0 Å². The van der Waals surface area contributed by atoms with Crippen LogP contribution in [0, 0.1) is 0 Å². The minimum Gasteiger partial charge on any atom is -0.480 e. The number of carboxylic acids is 1. The predicted octanol–water partition coefficient (Wildman–Crippen LogP) is 1.83. The second-order valence-corrected chi connectivity index (χ2v) is 4.51. The molecule has 1 heterocycles. The molecular formula is C13H20N2O3. The van der Waals surface area contributed by atoms with Crippen molar-refractivity contribution >= 4 is 11.9 Å². The van der Waals surface area contributed by atoms with Crippen molar-refractivity contribution in [2.75, 3.05) is 6.54 Å². The van der Waals surface area contributed by atoms with Crippen LogP contribution in [0.3, 0.4) is 0 Å². The van der Waals surface area contributed by atoms with Gasteiger partial charge in [0.1, 0.15) is 12.2 Å². The third kappa shape index (κ3) is 3.35. The monoisotopic (exact) mass is 252 g/mol. The molecule has 0 saturated heterocycles. The molecule has 0 aliphatic carbocycles. The second-order valence-electron chi connectivity index (χ2n) is 4.51. The highest BCUT2D eigenvalue weighted by Crippen LogP contribution is 2.10. The summed E-state index contributed by atoms with van der Waals surface area (Å²) in [5.74, 6) is -1.06. The number of carboxylic acid groups (broad SMARTS) is 1. The van der Waals surface area contributed by atoms with Crippen LogP contribution in [-0.4, -0.2) is 39.0 Å². The van der Waals surface area contributed by atoms with Gasteiger partial charge in [0.05, 0.1) is 0 Å². The molecule has 0 spiro atoms. The fourth-order valence-corrected chi connectivity index (χ4v) is 1.87. The Balaban J connectivity index is 2.94. The average Bonchev–Trinajstić information content (AvgIpc) is 2.71. The summed E-state index contributed by atoms with van der Waals surface area (Å²) in [6.07, 6.45) is 2.50. The van der Waals surface area contributed by atoms with Crippen molar-refractivity contribution in [2.24, 2.45) is 0 Å². The van der Waals surface area contributed by atoms with Gasteiger partial charge < -0.3 is 14.6 Å². The molecular weight excluding hydrogens is 232 g/mol. The van der Waals surface area contributed by atoms with Gasteiger partial charge in [-0.15, -0.1) is 0 Å². The molecule has 0 radical (unpaired) electrons. The van der Waals surface area contributed by atoms with Crippen LogP contribution in [0.2, 0.25) is 0 Å². The van der Waals surface area contributed by atoms with Gasteiger partial charge in [-0.05, 0) is 32.4 Å². The number of carbonyl (C=O) groups is 2. The first-order valence-electron chi connectivity index (χ1n) is 6.15. The normalized spacial score (nSPS) is 10.7. The lowest BCUT2D eigenvalue weighted by molar-refractivity contribution is -0.137. The van der Waals surface area contributed by atoms with Gasteiger partial charge in [0.15, 0.2) is 0 Å². The van der Waals surface area contributed by atoms with Crippen molar-refractivity contribution in [3.05, 3.63) is 24.0 Å². The topological polar surface area (TPSA) is 62.5 Å². The summed E-state index contributed by atoms with van der Waals surface area (Å²) < 4.78 is 1.47. The molecule has 1 amide bonds. The van der Waals surface area contributed by atoms with Crippen LogP contribution in [-0.2, 0) is 11.3 Å². The first-order chi connectivity index (χ1) is 8.47. The molecule has 1 rings (SSSR count). The molecule has 0 aliphatic heterocycles. The van der Waals surface area contributed by atoms with Gasteiger partial charge in [0.25, 0.3) is 5.91 Å². The number of hydrogen-bond acceptors (Lipinski definition) is 2. The van der Waals surface area contributed by atoms with Gasteiger partial charge >= 0.3 is 5.97 Å². The minimum atomic E-state index is -0.952. The lowest BCUT2D eigenvalue weighted by Gasteiger charge is -2.26. The van der Waals surface area contributed by atoms with Crippen molar-refractivity contribution in [3.63, 3.8) is 0 Å². The summed E-state index contributed by atoms with van der Waals surface area (Å²) in [4.78, 5) is 24.8. The fourth-order valence-electron chi connectivity index (χ4n) is 1.87. The molecule has 0 unspecified atom stereocenters. The number of hydrogen-bond donors (Lipinski definition) is 1. The molecule has 0 bridgehead atoms. The second kappa shape index (κ2) is 6.23. The van der Waals surface area contributed by atoms with E-state index in [2.05, 4.69) is 0 Å². The van der Waals surface area contributed by atoms with E-state index in [1.54, 1.807) is 23.2 Å². The van der Waals surface area contributed by atoms with E-state index >= 15 is 0 Å². The van der Waals surface area contributed by atoms with E-state index < -0.39 is 5.97 Å². The number of carbonyl (C=O) groups excluding carboxylic acids is 1. The highest BCUT2D eigenvalue weighted by Gasteiger charge is 2.21. The molecule has 0 aliphatic rings. The Labute approximate surface area is 107 Å². The maximum absolute atomic E-state index is 12.4. The molecule has 0 atom stereocenters. The average molecular weight is 252 g/mol. The summed E-state index contributed by atoms with van der Waals surface area (Å²) in [6.45, 7) is 6.41. The third-order valence-corrected chi connectivity index (χ3v) is 2.70. The Morgan fingerprint density at radius 1 is 1.44 bits per heavy atom. The van der Waals surface area contributed by atoms with E-state index in [9.17, 15) is 9.59 Å². The van der Waals surface area contributed by atoms with E-state index in [4.69, 9.17) is 5.11 Å². The Hall–Kier alpha value is -1.78. The quantitative estimate of drug-likeness (QED) is 0.840. The van der Waals surface area contributed by atoms with Crippen LogP contribution in [0.4, 0.5) is 0 Å². The standard InChI is InChI=1S/C13H20N2O3/c1-4-7-15(10(2)3)13(18)11-6-5-8-14(11)9-12(16)17/h5-6,8,10H,4,7,9H2,1-3H3,(H,16,17). The maximum atomic E-state index is 12.4. The lowest BCUT2D eigenvalue weighted by Crippen LogP contribution is -2.38. The van der Waals surface area contributed by atoms with Gasteiger partial charge in [-0.3, -0.25) is 9.59 Å². The third-order valence-electron chi connectivity index (χ3n) is 2.70. The summed E-state index contributed by atoms with van der Waals surface area (Å²) in [7, 11) is 0. The van der Waals surface area contributed by atoms with Crippen LogP contribution in [0.5, 0.6) is 0 Å². The number of nitrogens with zero attached hydrogens (tertiary/aromatic N) is 2. The Kier molecular flexibility index (Phi) is 4.95. The number of amides is 1. The molecule has 18 heavy (non-hydrogen) atoms. The van der Waals surface area contributed by atoms with Crippen LogP contribution in [0.1, 0.15) is 37.7 Å². The SMILES string of the molecule is CCCN(C(=O)c1cccn1CC(=O)O)C(C)C. The van der Waals surface area contributed by atoms with Crippen LogP contribution in [0.25, 0.3) is 0 Å². The van der Waals surface area contributed by atoms with Gasteiger partial charge in [-0.1, -0.05) is 6.92 Å². The first-order valence-corrected chi connectivity index (χ1v) is 6.15. The largest absolute Gasteiger partial charge is 0.480 e. The van der Waals surface area contributed by atoms with Gasteiger partial charge in [-0.25, -0.2) is 0 Å².